The highest BCUT2D eigenvalue weighted by molar-refractivity contribution is 9.10. The molecule has 0 saturated carbocycles. The maximum absolute atomic E-state index is 11.9. The maximum atomic E-state index is 11.9. The van der Waals surface area contributed by atoms with Crippen LogP contribution in [0.25, 0.3) is 0 Å². The van der Waals surface area contributed by atoms with Crippen molar-refractivity contribution in [2.24, 2.45) is 5.92 Å². The van der Waals surface area contributed by atoms with Crippen LogP contribution >= 0.6 is 27.5 Å². The standard InChI is InChI=1S/C11H14BrClN2O2/c1-6(5-16)7(2)15-11(17)9-3-8(12)4-14-10(9)13/h3-4,6-7,16H,5H2,1-2H3,(H,15,17). The normalized spacial score (nSPS) is 14.2. The van der Waals surface area contributed by atoms with Crippen molar-refractivity contribution in [3.63, 3.8) is 0 Å². The minimum atomic E-state index is -0.295. The lowest BCUT2D eigenvalue weighted by molar-refractivity contribution is 0.0916. The zero-order chi connectivity index (χ0) is 13.0. The monoisotopic (exact) mass is 320 g/mol. The molecule has 0 fully saturated rings. The highest BCUT2D eigenvalue weighted by atomic mass is 79.9. The molecule has 0 bridgehead atoms. The van der Waals surface area contributed by atoms with E-state index in [1.807, 2.05) is 13.8 Å². The Morgan fingerprint density at radius 2 is 2.29 bits per heavy atom. The van der Waals surface area contributed by atoms with Gasteiger partial charge in [0.1, 0.15) is 5.15 Å². The summed E-state index contributed by atoms with van der Waals surface area (Å²) in [4.78, 5) is 15.8. The highest BCUT2D eigenvalue weighted by Crippen LogP contribution is 2.18. The summed E-state index contributed by atoms with van der Waals surface area (Å²) in [7, 11) is 0. The Kier molecular flexibility index (Phi) is 5.36. The Morgan fingerprint density at radius 3 is 2.88 bits per heavy atom. The predicted molar refractivity (Wildman–Crippen MR) is 70.1 cm³/mol. The number of pyridine rings is 1. The molecular formula is C11H14BrClN2O2. The first-order valence-corrected chi connectivity index (χ1v) is 6.35. The van der Waals surface area contributed by atoms with Crippen LogP contribution in [0.1, 0.15) is 24.2 Å². The number of rotatable bonds is 4. The quantitative estimate of drug-likeness (QED) is 0.836. The van der Waals surface area contributed by atoms with Crippen molar-refractivity contribution in [1.82, 2.24) is 10.3 Å². The molecule has 17 heavy (non-hydrogen) atoms. The van der Waals surface area contributed by atoms with Gasteiger partial charge in [-0.1, -0.05) is 18.5 Å². The number of aliphatic hydroxyl groups excluding tert-OH is 1. The lowest BCUT2D eigenvalue weighted by Crippen LogP contribution is -2.38. The highest BCUT2D eigenvalue weighted by Gasteiger charge is 2.17. The molecule has 1 heterocycles. The minimum Gasteiger partial charge on any atom is -0.396 e. The number of halogens is 2. The first-order valence-electron chi connectivity index (χ1n) is 5.18. The average Bonchev–Trinajstić information content (AvgIpc) is 2.30. The number of nitrogens with one attached hydrogen (secondary N) is 1. The summed E-state index contributed by atoms with van der Waals surface area (Å²) in [6.07, 6.45) is 1.53. The van der Waals surface area contributed by atoms with Gasteiger partial charge in [0, 0.05) is 23.3 Å². The number of aliphatic hydroxyl groups is 1. The summed E-state index contributed by atoms with van der Waals surface area (Å²) in [6, 6.07) is 1.48. The maximum Gasteiger partial charge on any atom is 0.254 e. The van der Waals surface area contributed by atoms with Crippen LogP contribution in [0.2, 0.25) is 5.15 Å². The van der Waals surface area contributed by atoms with Crippen LogP contribution in [0.5, 0.6) is 0 Å². The minimum absolute atomic E-state index is 0.0159. The summed E-state index contributed by atoms with van der Waals surface area (Å²) in [5, 5.41) is 11.9. The fraction of sp³-hybridized carbons (Fsp3) is 0.455. The van der Waals surface area contributed by atoms with Gasteiger partial charge in [-0.15, -0.1) is 0 Å². The zero-order valence-corrected chi connectivity index (χ0v) is 11.9. The van der Waals surface area contributed by atoms with Crippen LogP contribution in [0, 0.1) is 5.92 Å². The van der Waals surface area contributed by atoms with Gasteiger partial charge in [-0.25, -0.2) is 4.98 Å². The third-order valence-electron chi connectivity index (χ3n) is 2.55. The number of hydrogen-bond acceptors (Lipinski definition) is 3. The van der Waals surface area contributed by atoms with E-state index in [2.05, 4.69) is 26.2 Å². The lowest BCUT2D eigenvalue weighted by Gasteiger charge is -2.19. The second kappa shape index (κ2) is 6.33. The molecule has 0 spiro atoms. The molecule has 0 aliphatic rings. The Morgan fingerprint density at radius 1 is 1.65 bits per heavy atom. The summed E-state index contributed by atoms with van der Waals surface area (Å²) in [6.45, 7) is 3.70. The largest absolute Gasteiger partial charge is 0.396 e. The average molecular weight is 322 g/mol. The van der Waals surface area contributed by atoms with Crippen molar-refractivity contribution in [3.05, 3.63) is 27.5 Å². The Labute approximate surface area is 114 Å². The summed E-state index contributed by atoms with van der Waals surface area (Å²) < 4.78 is 0.690. The molecule has 94 valence electrons. The van der Waals surface area contributed by atoms with Crippen molar-refractivity contribution in [2.75, 3.05) is 6.61 Å². The molecule has 0 aromatic carbocycles. The van der Waals surface area contributed by atoms with Crippen LogP contribution in [-0.2, 0) is 0 Å². The number of carbonyl (C=O) groups excluding carboxylic acids is 1. The fourth-order valence-corrected chi connectivity index (χ4v) is 1.69. The first kappa shape index (κ1) is 14.4. The van der Waals surface area contributed by atoms with E-state index in [-0.39, 0.29) is 29.6 Å². The van der Waals surface area contributed by atoms with Crippen LogP contribution < -0.4 is 5.32 Å². The molecular weight excluding hydrogens is 307 g/mol. The summed E-state index contributed by atoms with van der Waals surface area (Å²) in [5.74, 6) is -0.311. The van der Waals surface area contributed by atoms with Gasteiger partial charge in [-0.3, -0.25) is 4.79 Å². The van der Waals surface area contributed by atoms with Crippen molar-refractivity contribution in [3.8, 4) is 0 Å². The smallest absolute Gasteiger partial charge is 0.254 e. The van der Waals surface area contributed by atoms with Gasteiger partial charge in [-0.05, 0) is 34.8 Å². The number of nitrogens with zero attached hydrogens (tertiary/aromatic N) is 1. The molecule has 1 amide bonds. The van der Waals surface area contributed by atoms with Gasteiger partial charge in [0.2, 0.25) is 0 Å². The lowest BCUT2D eigenvalue weighted by atomic mass is 10.0. The molecule has 6 heteroatoms. The Bertz CT molecular complexity index is 414. The van der Waals surface area contributed by atoms with Crippen LogP contribution in [-0.4, -0.2) is 28.6 Å². The van der Waals surface area contributed by atoms with E-state index in [4.69, 9.17) is 16.7 Å². The summed E-state index contributed by atoms with van der Waals surface area (Å²) >= 11 is 9.08. The van der Waals surface area contributed by atoms with E-state index in [0.717, 1.165) is 0 Å². The molecule has 1 rings (SSSR count). The third kappa shape index (κ3) is 3.94. The Hall–Kier alpha value is -0.650. The number of amides is 1. The van der Waals surface area contributed by atoms with E-state index >= 15 is 0 Å². The molecule has 2 atom stereocenters. The van der Waals surface area contributed by atoms with Gasteiger partial charge < -0.3 is 10.4 Å². The van der Waals surface area contributed by atoms with Crippen LogP contribution in [0.3, 0.4) is 0 Å². The number of carbonyl (C=O) groups is 1. The van der Waals surface area contributed by atoms with Gasteiger partial charge in [-0.2, -0.15) is 0 Å². The first-order chi connectivity index (χ1) is 7.95. The fourth-order valence-electron chi connectivity index (χ4n) is 1.17. The molecule has 0 aliphatic heterocycles. The topological polar surface area (TPSA) is 62.2 Å². The third-order valence-corrected chi connectivity index (χ3v) is 3.29. The molecule has 0 aliphatic carbocycles. The molecule has 4 nitrogen and oxygen atoms in total. The van der Waals surface area contributed by atoms with Gasteiger partial charge in [0.05, 0.1) is 5.56 Å². The molecule has 1 aromatic heterocycles. The molecule has 2 N–H and O–H groups in total. The van der Waals surface area contributed by atoms with Crippen molar-refractivity contribution < 1.29 is 9.90 Å². The van der Waals surface area contributed by atoms with Gasteiger partial charge in [0.15, 0.2) is 0 Å². The molecule has 1 aromatic rings. The Balaban J connectivity index is 2.79. The van der Waals surface area contributed by atoms with E-state index in [1.54, 1.807) is 6.07 Å². The predicted octanol–water partition coefficient (Wildman–Crippen LogP) is 2.24. The van der Waals surface area contributed by atoms with Gasteiger partial charge in [0.25, 0.3) is 5.91 Å². The second-order valence-corrected chi connectivity index (χ2v) is 5.19. The van der Waals surface area contributed by atoms with Crippen molar-refractivity contribution in [2.45, 2.75) is 19.9 Å². The van der Waals surface area contributed by atoms with E-state index in [1.165, 1.54) is 6.20 Å². The van der Waals surface area contributed by atoms with Crippen molar-refractivity contribution >= 4 is 33.4 Å². The SMILES string of the molecule is CC(CO)C(C)NC(=O)c1cc(Br)cnc1Cl. The molecule has 0 saturated heterocycles. The van der Waals surface area contributed by atoms with E-state index in [0.29, 0.717) is 10.0 Å². The number of hydrogen-bond donors (Lipinski definition) is 2. The van der Waals surface area contributed by atoms with Gasteiger partial charge >= 0.3 is 0 Å². The van der Waals surface area contributed by atoms with E-state index < -0.39 is 0 Å². The summed E-state index contributed by atoms with van der Waals surface area (Å²) in [5.41, 5.74) is 0.318. The van der Waals surface area contributed by atoms with Crippen molar-refractivity contribution in [1.29, 1.82) is 0 Å². The molecule has 2 unspecified atom stereocenters. The second-order valence-electron chi connectivity index (χ2n) is 3.91. The number of aromatic nitrogens is 1. The van der Waals surface area contributed by atoms with E-state index in [9.17, 15) is 4.79 Å². The van der Waals surface area contributed by atoms with Crippen LogP contribution in [0.15, 0.2) is 16.7 Å². The zero-order valence-electron chi connectivity index (χ0n) is 9.58. The molecule has 0 radical (unpaired) electrons. The van der Waals surface area contributed by atoms with Crippen LogP contribution in [0.4, 0.5) is 0 Å².